The van der Waals surface area contributed by atoms with Gasteiger partial charge in [0.25, 0.3) is 0 Å². The fourth-order valence-electron chi connectivity index (χ4n) is 1.76. The van der Waals surface area contributed by atoms with E-state index in [0.717, 1.165) is 6.92 Å². The fraction of sp³-hybridized carbons (Fsp3) is 0.800. The number of alkyl halides is 16. The van der Waals surface area contributed by atoms with Crippen molar-refractivity contribution in [1.29, 1.82) is 0 Å². The maximum absolute atomic E-state index is 13.8. The molecule has 0 saturated heterocycles. The predicted molar refractivity (Wildman–Crippen MR) is 75.3 cm³/mol. The van der Waals surface area contributed by atoms with E-state index in [0.29, 0.717) is 0 Å². The van der Waals surface area contributed by atoms with Crippen LogP contribution in [0.1, 0.15) is 20.3 Å². The summed E-state index contributed by atoms with van der Waals surface area (Å²) in [7, 11) is 0. The number of allylic oxidation sites excluding steroid dienone is 1. The molecule has 0 fully saturated rings. The molecule has 1 atom stereocenters. The van der Waals surface area contributed by atoms with Crippen LogP contribution in [0.2, 0.25) is 0 Å². The molecule has 0 aromatic rings. The third-order valence-corrected chi connectivity index (χ3v) is 4.25. The molecule has 33 heavy (non-hydrogen) atoms. The van der Waals surface area contributed by atoms with Crippen LogP contribution in [0, 0.1) is 5.92 Å². The van der Waals surface area contributed by atoms with E-state index in [-0.39, 0.29) is 6.42 Å². The van der Waals surface area contributed by atoms with Crippen LogP contribution in [0.3, 0.4) is 0 Å². The number of rotatable bonds is 11. The number of esters is 1. The lowest BCUT2D eigenvalue weighted by Gasteiger charge is -2.42. The molecular formula is C15H12F16O2. The quantitative estimate of drug-likeness (QED) is 0.168. The van der Waals surface area contributed by atoms with E-state index in [1.54, 1.807) is 0 Å². The highest BCUT2D eigenvalue weighted by molar-refractivity contribution is 5.73. The van der Waals surface area contributed by atoms with Gasteiger partial charge >= 0.3 is 53.9 Å². The van der Waals surface area contributed by atoms with Gasteiger partial charge in [0, 0.05) is 0 Å². The van der Waals surface area contributed by atoms with Gasteiger partial charge in [-0.3, -0.25) is 4.79 Å². The highest BCUT2D eigenvalue weighted by Gasteiger charge is 2.94. The topological polar surface area (TPSA) is 26.3 Å². The summed E-state index contributed by atoms with van der Waals surface area (Å²) in [5, 5.41) is 0. The first-order valence-electron chi connectivity index (χ1n) is 8.07. The van der Waals surface area contributed by atoms with Gasteiger partial charge in [0.1, 0.15) is 0 Å². The number of halogens is 16. The van der Waals surface area contributed by atoms with Crippen molar-refractivity contribution in [3.8, 4) is 0 Å². The normalized spacial score (nSPS) is 16.1. The molecule has 0 aromatic heterocycles. The van der Waals surface area contributed by atoms with E-state index in [9.17, 15) is 75.0 Å². The van der Waals surface area contributed by atoms with Crippen LogP contribution in [0.25, 0.3) is 0 Å². The molecule has 0 bridgehead atoms. The van der Waals surface area contributed by atoms with Gasteiger partial charge in [0.05, 0.1) is 5.92 Å². The van der Waals surface area contributed by atoms with E-state index in [4.69, 9.17) is 0 Å². The number of hydrogen-bond donors (Lipinski definition) is 0. The van der Waals surface area contributed by atoms with Gasteiger partial charge in [0.15, 0.2) is 5.76 Å². The van der Waals surface area contributed by atoms with Crippen molar-refractivity contribution < 1.29 is 79.8 Å². The van der Waals surface area contributed by atoms with Crippen LogP contribution in [0.5, 0.6) is 0 Å². The number of carbonyl (C=O) groups is 1. The van der Waals surface area contributed by atoms with Crippen molar-refractivity contribution in [3.05, 3.63) is 12.3 Å². The molecule has 0 aliphatic heterocycles. The SMILES string of the molecule is C=C(OC(=O)C(C)CC)C(F)(F)C(F)(F)C(F)(F)C(F)(F)C(F)(F)C(F)(F)C(F)(F)C(F)F. The third kappa shape index (κ3) is 4.33. The molecule has 1 unspecified atom stereocenters. The molecule has 196 valence electrons. The minimum absolute atomic E-state index is 0.248. The van der Waals surface area contributed by atoms with Crippen molar-refractivity contribution >= 4 is 5.97 Å². The molecular weight excluding hydrogens is 516 g/mol. The zero-order chi connectivity index (χ0) is 27.2. The Hall–Kier alpha value is -1.91. The fourth-order valence-corrected chi connectivity index (χ4v) is 1.76. The number of carbonyl (C=O) groups excluding carboxylic acids is 1. The molecule has 0 aromatic carbocycles. The molecule has 0 rings (SSSR count). The molecule has 0 heterocycles. The van der Waals surface area contributed by atoms with E-state index < -0.39 is 65.5 Å². The summed E-state index contributed by atoms with van der Waals surface area (Å²) in [5.41, 5.74) is 0. The van der Waals surface area contributed by atoms with Crippen molar-refractivity contribution in [2.45, 2.75) is 68.2 Å². The Bertz CT molecular complexity index is 742. The van der Waals surface area contributed by atoms with Gasteiger partial charge in [-0.25, -0.2) is 8.78 Å². The molecule has 0 spiro atoms. The van der Waals surface area contributed by atoms with Gasteiger partial charge in [-0.1, -0.05) is 20.4 Å². The highest BCUT2D eigenvalue weighted by atomic mass is 19.4. The zero-order valence-electron chi connectivity index (χ0n) is 15.9. The summed E-state index contributed by atoms with van der Waals surface area (Å²) in [5.74, 6) is -62.1. The lowest BCUT2D eigenvalue weighted by Crippen LogP contribution is -2.73. The Morgan fingerprint density at radius 1 is 0.727 bits per heavy atom. The Balaban J connectivity index is 6.57. The first kappa shape index (κ1) is 31.1. The second kappa shape index (κ2) is 8.70. The lowest BCUT2D eigenvalue weighted by atomic mass is 9.89. The average Bonchev–Trinajstić information content (AvgIpc) is 2.65. The van der Waals surface area contributed by atoms with Crippen molar-refractivity contribution in [3.63, 3.8) is 0 Å². The highest BCUT2D eigenvalue weighted by Crippen LogP contribution is 2.63. The van der Waals surface area contributed by atoms with Crippen LogP contribution in [0.15, 0.2) is 12.3 Å². The maximum atomic E-state index is 13.8. The van der Waals surface area contributed by atoms with Crippen LogP contribution in [-0.2, 0) is 9.53 Å². The monoisotopic (exact) mass is 528 g/mol. The lowest BCUT2D eigenvalue weighted by molar-refractivity contribution is -0.445. The second-order valence-corrected chi connectivity index (χ2v) is 6.52. The van der Waals surface area contributed by atoms with Crippen molar-refractivity contribution in [2.24, 2.45) is 5.92 Å². The van der Waals surface area contributed by atoms with E-state index >= 15 is 0 Å². The summed E-state index contributed by atoms with van der Waals surface area (Å²) in [6.45, 7) is 4.00. The molecule has 2 nitrogen and oxygen atoms in total. The van der Waals surface area contributed by atoms with Gasteiger partial charge < -0.3 is 4.74 Å². The first-order chi connectivity index (χ1) is 14.2. The summed E-state index contributed by atoms with van der Waals surface area (Å²) < 4.78 is 215. The standard InChI is InChI=1S/C15H12F16O2/c1-4-5(2)7(32)33-6(3)9(18,19)11(22,23)13(26,27)15(30,31)14(28,29)12(24,25)10(20,21)8(16)17/h5,8H,3-4H2,1-2H3. The first-order valence-corrected chi connectivity index (χ1v) is 8.07. The third-order valence-electron chi connectivity index (χ3n) is 4.25. The Kier molecular flexibility index (Phi) is 8.20. The van der Waals surface area contributed by atoms with E-state index in [2.05, 4.69) is 4.74 Å². The molecule has 0 aliphatic rings. The Labute approximate surface area is 173 Å². The van der Waals surface area contributed by atoms with Crippen molar-refractivity contribution in [2.75, 3.05) is 0 Å². The van der Waals surface area contributed by atoms with Gasteiger partial charge in [0.2, 0.25) is 0 Å². The minimum atomic E-state index is -8.52. The molecule has 0 N–H and O–H groups in total. The molecule has 18 heteroatoms. The molecule has 0 amide bonds. The summed E-state index contributed by atoms with van der Waals surface area (Å²) in [6.07, 6.45) is -6.16. The zero-order valence-corrected chi connectivity index (χ0v) is 15.9. The van der Waals surface area contributed by atoms with Gasteiger partial charge in [-0.2, -0.15) is 61.5 Å². The van der Waals surface area contributed by atoms with Crippen molar-refractivity contribution in [1.82, 2.24) is 0 Å². The second-order valence-electron chi connectivity index (χ2n) is 6.52. The summed E-state index contributed by atoms with van der Waals surface area (Å²) in [6, 6.07) is 0. The summed E-state index contributed by atoms with van der Waals surface area (Å²) >= 11 is 0. The average molecular weight is 528 g/mol. The smallest absolute Gasteiger partial charge is 0.386 e. The maximum Gasteiger partial charge on any atom is 0.386 e. The molecule has 0 saturated carbocycles. The predicted octanol–water partition coefficient (Wildman–Crippen LogP) is 6.80. The number of hydrogen-bond acceptors (Lipinski definition) is 2. The van der Waals surface area contributed by atoms with Crippen LogP contribution >= 0.6 is 0 Å². The van der Waals surface area contributed by atoms with Crippen LogP contribution < -0.4 is 0 Å². The minimum Gasteiger partial charge on any atom is -0.425 e. The van der Waals surface area contributed by atoms with Gasteiger partial charge in [-0.05, 0) is 6.42 Å². The van der Waals surface area contributed by atoms with Crippen LogP contribution in [-0.4, -0.2) is 53.9 Å². The summed E-state index contributed by atoms with van der Waals surface area (Å²) in [4.78, 5) is 11.3. The van der Waals surface area contributed by atoms with E-state index in [1.165, 1.54) is 6.92 Å². The number of ether oxygens (including phenoxy) is 1. The largest absolute Gasteiger partial charge is 0.425 e. The van der Waals surface area contributed by atoms with E-state index in [1.807, 2.05) is 6.58 Å². The van der Waals surface area contributed by atoms with Gasteiger partial charge in [-0.15, -0.1) is 0 Å². The molecule has 0 radical (unpaired) electrons. The molecule has 0 aliphatic carbocycles. The Morgan fingerprint density at radius 3 is 1.39 bits per heavy atom. The van der Waals surface area contributed by atoms with Crippen LogP contribution in [0.4, 0.5) is 70.2 Å². The Morgan fingerprint density at radius 2 is 1.06 bits per heavy atom.